The quantitative estimate of drug-likeness (QED) is 0.849. The van der Waals surface area contributed by atoms with Crippen LogP contribution in [0.5, 0.6) is 0 Å². The maximum absolute atomic E-state index is 12.4. The first-order valence-corrected chi connectivity index (χ1v) is 8.97. The number of nitrogens with zero attached hydrogens (tertiary/aromatic N) is 1. The number of piperidine rings is 1. The molecule has 3 rings (SSSR count). The van der Waals surface area contributed by atoms with Gasteiger partial charge in [-0.05, 0) is 24.5 Å². The molecule has 2 amide bonds. The minimum absolute atomic E-state index is 0.133. The fourth-order valence-electron chi connectivity index (χ4n) is 3.52. The molecule has 2 aliphatic rings. The van der Waals surface area contributed by atoms with Gasteiger partial charge in [0.05, 0.1) is 13.2 Å². The summed E-state index contributed by atoms with van der Waals surface area (Å²) in [4.78, 5) is 26.5. The third-order valence-electron chi connectivity index (χ3n) is 5.01. The third-order valence-corrected chi connectivity index (χ3v) is 5.01. The molecule has 0 aliphatic carbocycles. The van der Waals surface area contributed by atoms with Crippen LogP contribution in [-0.4, -0.2) is 48.8 Å². The van der Waals surface area contributed by atoms with E-state index >= 15 is 0 Å². The second-order valence-electron chi connectivity index (χ2n) is 6.68. The van der Waals surface area contributed by atoms with Gasteiger partial charge in [-0.15, -0.1) is 0 Å². The van der Waals surface area contributed by atoms with Gasteiger partial charge in [-0.1, -0.05) is 25.1 Å². The molecule has 2 heterocycles. The van der Waals surface area contributed by atoms with Crippen molar-refractivity contribution in [1.82, 2.24) is 4.90 Å². The van der Waals surface area contributed by atoms with E-state index in [-0.39, 0.29) is 18.2 Å². The predicted molar refractivity (Wildman–Crippen MR) is 94.3 cm³/mol. The van der Waals surface area contributed by atoms with Gasteiger partial charge in [-0.25, -0.2) is 0 Å². The smallest absolute Gasteiger partial charge is 0.233 e. The Morgan fingerprint density at radius 1 is 1.20 bits per heavy atom. The molecule has 6 nitrogen and oxygen atoms in total. The van der Waals surface area contributed by atoms with Crippen LogP contribution in [-0.2, 0) is 25.5 Å². The van der Waals surface area contributed by atoms with Crippen LogP contribution in [0.25, 0.3) is 0 Å². The molecule has 0 radical (unpaired) electrons. The standard InChI is InChI=1S/C19H26N2O4/c1-3-15-6-4-5-14(2)18(15)20-16(22)13-17(23)21-9-7-19(8-10-21)24-11-12-25-19/h4-6H,3,7-13H2,1-2H3,(H,20,22). The molecule has 2 aliphatic heterocycles. The van der Waals surface area contributed by atoms with Crippen molar-refractivity contribution < 1.29 is 19.1 Å². The number of rotatable bonds is 4. The Morgan fingerprint density at radius 2 is 1.88 bits per heavy atom. The molecule has 0 saturated carbocycles. The molecular formula is C19H26N2O4. The zero-order valence-corrected chi connectivity index (χ0v) is 15.0. The summed E-state index contributed by atoms with van der Waals surface area (Å²) in [5.41, 5.74) is 2.92. The minimum Gasteiger partial charge on any atom is -0.347 e. The number of ether oxygens (including phenoxy) is 2. The molecule has 25 heavy (non-hydrogen) atoms. The van der Waals surface area contributed by atoms with Gasteiger partial charge in [0.25, 0.3) is 0 Å². The van der Waals surface area contributed by atoms with E-state index in [2.05, 4.69) is 5.32 Å². The Kier molecular flexibility index (Phi) is 5.39. The fraction of sp³-hybridized carbons (Fsp3) is 0.579. The first-order chi connectivity index (χ1) is 12.0. The Balaban J connectivity index is 1.54. The van der Waals surface area contributed by atoms with Crippen LogP contribution >= 0.6 is 0 Å². The second kappa shape index (κ2) is 7.54. The predicted octanol–water partition coefficient (Wildman–Crippen LogP) is 2.25. The highest BCUT2D eigenvalue weighted by Crippen LogP contribution is 2.31. The van der Waals surface area contributed by atoms with Crippen molar-refractivity contribution in [2.24, 2.45) is 0 Å². The lowest BCUT2D eigenvalue weighted by Crippen LogP contribution is -2.47. The number of carbonyl (C=O) groups is 2. The maximum Gasteiger partial charge on any atom is 0.233 e. The van der Waals surface area contributed by atoms with E-state index in [0.29, 0.717) is 39.1 Å². The Hall–Kier alpha value is -1.92. The zero-order chi connectivity index (χ0) is 17.9. The van der Waals surface area contributed by atoms with Gasteiger partial charge in [0, 0.05) is 31.6 Å². The van der Waals surface area contributed by atoms with Crippen LogP contribution < -0.4 is 5.32 Å². The van der Waals surface area contributed by atoms with Crippen molar-refractivity contribution in [3.8, 4) is 0 Å². The molecule has 1 spiro atoms. The number of amides is 2. The van der Waals surface area contributed by atoms with Gasteiger partial charge in [-0.2, -0.15) is 0 Å². The van der Waals surface area contributed by atoms with Crippen molar-refractivity contribution in [3.05, 3.63) is 29.3 Å². The van der Waals surface area contributed by atoms with Crippen molar-refractivity contribution in [2.75, 3.05) is 31.6 Å². The second-order valence-corrected chi connectivity index (χ2v) is 6.68. The highest BCUT2D eigenvalue weighted by Gasteiger charge is 2.40. The van der Waals surface area contributed by atoms with Crippen LogP contribution in [0.1, 0.15) is 37.3 Å². The molecule has 0 aromatic heterocycles. The molecule has 0 atom stereocenters. The maximum atomic E-state index is 12.4. The summed E-state index contributed by atoms with van der Waals surface area (Å²) < 4.78 is 11.3. The highest BCUT2D eigenvalue weighted by molar-refractivity contribution is 6.04. The van der Waals surface area contributed by atoms with Gasteiger partial charge in [0.1, 0.15) is 6.42 Å². The number of carbonyl (C=O) groups excluding carboxylic acids is 2. The number of benzene rings is 1. The van der Waals surface area contributed by atoms with Gasteiger partial charge in [0.2, 0.25) is 11.8 Å². The molecule has 136 valence electrons. The Bertz CT molecular complexity index is 643. The summed E-state index contributed by atoms with van der Waals surface area (Å²) in [5, 5.41) is 2.91. The van der Waals surface area contributed by atoms with E-state index in [9.17, 15) is 9.59 Å². The summed E-state index contributed by atoms with van der Waals surface area (Å²) in [6, 6.07) is 5.93. The van der Waals surface area contributed by atoms with E-state index in [1.54, 1.807) is 4.90 Å². The third kappa shape index (κ3) is 4.02. The molecule has 2 saturated heterocycles. The largest absolute Gasteiger partial charge is 0.347 e. The van der Waals surface area contributed by atoms with Crippen LogP contribution in [0.15, 0.2) is 18.2 Å². The number of para-hydroxylation sites is 1. The van der Waals surface area contributed by atoms with Crippen LogP contribution in [0, 0.1) is 6.92 Å². The summed E-state index contributed by atoms with van der Waals surface area (Å²) in [7, 11) is 0. The lowest BCUT2D eigenvalue weighted by molar-refractivity contribution is -0.187. The molecule has 1 N–H and O–H groups in total. The lowest BCUT2D eigenvalue weighted by Gasteiger charge is -2.37. The number of aryl methyl sites for hydroxylation is 2. The monoisotopic (exact) mass is 346 g/mol. The van der Waals surface area contributed by atoms with Gasteiger partial charge >= 0.3 is 0 Å². The molecule has 1 aromatic carbocycles. The Labute approximate surface area is 148 Å². The summed E-state index contributed by atoms with van der Waals surface area (Å²) in [6.07, 6.45) is 2.03. The van der Waals surface area contributed by atoms with E-state index in [1.807, 2.05) is 32.0 Å². The normalized spacial score (nSPS) is 19.2. The number of hydrogen-bond donors (Lipinski definition) is 1. The van der Waals surface area contributed by atoms with Crippen molar-refractivity contribution in [3.63, 3.8) is 0 Å². The molecular weight excluding hydrogens is 320 g/mol. The molecule has 0 unspecified atom stereocenters. The summed E-state index contributed by atoms with van der Waals surface area (Å²) in [6.45, 7) is 6.38. The molecule has 1 aromatic rings. The van der Waals surface area contributed by atoms with Crippen molar-refractivity contribution in [1.29, 1.82) is 0 Å². The van der Waals surface area contributed by atoms with E-state index in [0.717, 1.165) is 23.2 Å². The summed E-state index contributed by atoms with van der Waals surface area (Å²) in [5.74, 6) is -0.907. The highest BCUT2D eigenvalue weighted by atomic mass is 16.7. The van der Waals surface area contributed by atoms with Gasteiger partial charge in [0.15, 0.2) is 5.79 Å². The number of likely N-dealkylation sites (tertiary alicyclic amines) is 1. The summed E-state index contributed by atoms with van der Waals surface area (Å²) >= 11 is 0. The van der Waals surface area contributed by atoms with E-state index < -0.39 is 5.79 Å². The number of hydrogen-bond acceptors (Lipinski definition) is 4. The van der Waals surface area contributed by atoms with Gasteiger partial charge < -0.3 is 19.7 Å². The SMILES string of the molecule is CCc1cccc(C)c1NC(=O)CC(=O)N1CCC2(CC1)OCCO2. The molecule has 0 bridgehead atoms. The molecule has 6 heteroatoms. The van der Waals surface area contributed by atoms with Crippen molar-refractivity contribution in [2.45, 2.75) is 45.3 Å². The minimum atomic E-state index is -0.504. The van der Waals surface area contributed by atoms with Crippen LogP contribution in [0.3, 0.4) is 0 Å². The van der Waals surface area contributed by atoms with Crippen LogP contribution in [0.2, 0.25) is 0 Å². The van der Waals surface area contributed by atoms with Gasteiger partial charge in [-0.3, -0.25) is 9.59 Å². The zero-order valence-electron chi connectivity index (χ0n) is 15.0. The average molecular weight is 346 g/mol. The van der Waals surface area contributed by atoms with Crippen LogP contribution in [0.4, 0.5) is 5.69 Å². The Morgan fingerprint density at radius 3 is 2.52 bits per heavy atom. The lowest BCUT2D eigenvalue weighted by atomic mass is 10.0. The van der Waals surface area contributed by atoms with E-state index in [4.69, 9.17) is 9.47 Å². The first-order valence-electron chi connectivity index (χ1n) is 8.97. The first kappa shape index (κ1) is 17.9. The topological polar surface area (TPSA) is 67.9 Å². The van der Waals surface area contributed by atoms with Crippen molar-refractivity contribution >= 4 is 17.5 Å². The molecule has 2 fully saturated rings. The average Bonchev–Trinajstić information content (AvgIpc) is 3.05. The number of nitrogens with one attached hydrogen (secondary N) is 1. The number of anilines is 1. The fourth-order valence-corrected chi connectivity index (χ4v) is 3.52. The van der Waals surface area contributed by atoms with E-state index in [1.165, 1.54) is 0 Å².